The van der Waals surface area contributed by atoms with Crippen molar-refractivity contribution in [2.24, 2.45) is 0 Å². The van der Waals surface area contributed by atoms with Gasteiger partial charge in [-0.15, -0.1) is 6.58 Å². The maximum atomic E-state index is 10.9. The second kappa shape index (κ2) is 5.41. The van der Waals surface area contributed by atoms with Crippen LogP contribution < -0.4 is 5.32 Å². The number of aromatic carboxylic acids is 1. The second-order valence-electron chi connectivity index (χ2n) is 3.00. The Balaban J connectivity index is 2.85. The molecule has 15 heavy (non-hydrogen) atoms. The van der Waals surface area contributed by atoms with Crippen LogP contribution in [-0.2, 0) is 0 Å². The predicted octanol–water partition coefficient (Wildman–Crippen LogP) is 3.03. The Bertz CT molecular complexity index is 377. The van der Waals surface area contributed by atoms with Crippen molar-refractivity contribution in [3.63, 3.8) is 0 Å². The number of carbonyl (C=O) groups is 1. The van der Waals surface area contributed by atoms with Crippen molar-refractivity contribution in [1.82, 2.24) is 0 Å². The number of rotatable bonds is 5. The lowest BCUT2D eigenvalue weighted by Gasteiger charge is -2.08. The number of hydrogen-bond donors (Lipinski definition) is 2. The van der Waals surface area contributed by atoms with Crippen molar-refractivity contribution >= 4 is 23.3 Å². The molecule has 0 fully saturated rings. The lowest BCUT2D eigenvalue weighted by Crippen LogP contribution is -2.07. The minimum Gasteiger partial charge on any atom is -0.478 e. The molecule has 0 saturated heterocycles. The SMILES string of the molecule is C=CCCNc1ccc(Cl)cc1C(=O)O. The molecule has 1 rings (SSSR count). The highest BCUT2D eigenvalue weighted by atomic mass is 35.5. The summed E-state index contributed by atoms with van der Waals surface area (Å²) in [5.74, 6) is -0.987. The Morgan fingerprint density at radius 2 is 2.33 bits per heavy atom. The fraction of sp³-hybridized carbons (Fsp3) is 0.182. The highest BCUT2D eigenvalue weighted by molar-refractivity contribution is 6.31. The first kappa shape index (κ1) is 11.6. The summed E-state index contributed by atoms with van der Waals surface area (Å²) in [4.78, 5) is 10.9. The Morgan fingerprint density at radius 3 is 2.93 bits per heavy atom. The lowest BCUT2D eigenvalue weighted by atomic mass is 10.2. The third kappa shape index (κ3) is 3.29. The smallest absolute Gasteiger partial charge is 0.337 e. The van der Waals surface area contributed by atoms with Gasteiger partial charge in [0, 0.05) is 17.3 Å². The van der Waals surface area contributed by atoms with E-state index in [9.17, 15) is 4.79 Å². The minimum absolute atomic E-state index is 0.187. The largest absolute Gasteiger partial charge is 0.478 e. The predicted molar refractivity (Wildman–Crippen MR) is 61.7 cm³/mol. The van der Waals surface area contributed by atoms with E-state index in [2.05, 4.69) is 11.9 Å². The molecule has 0 saturated carbocycles. The van der Waals surface area contributed by atoms with E-state index in [4.69, 9.17) is 16.7 Å². The van der Waals surface area contributed by atoms with Gasteiger partial charge in [-0.2, -0.15) is 0 Å². The van der Waals surface area contributed by atoms with Gasteiger partial charge in [0.25, 0.3) is 0 Å². The number of carboxylic acids is 1. The van der Waals surface area contributed by atoms with Crippen LogP contribution in [0.25, 0.3) is 0 Å². The van der Waals surface area contributed by atoms with E-state index in [0.717, 1.165) is 6.42 Å². The van der Waals surface area contributed by atoms with Gasteiger partial charge in [-0.25, -0.2) is 4.79 Å². The summed E-state index contributed by atoms with van der Waals surface area (Å²) in [6.45, 7) is 4.24. The molecule has 0 bridgehead atoms. The molecule has 80 valence electrons. The topological polar surface area (TPSA) is 49.3 Å². The summed E-state index contributed by atoms with van der Waals surface area (Å²) in [5, 5.41) is 12.4. The first-order valence-corrected chi connectivity index (χ1v) is 4.90. The molecule has 0 aliphatic carbocycles. The molecule has 0 radical (unpaired) electrons. The molecule has 3 nitrogen and oxygen atoms in total. The first-order valence-electron chi connectivity index (χ1n) is 4.52. The summed E-state index contributed by atoms with van der Waals surface area (Å²) in [6.07, 6.45) is 2.55. The van der Waals surface area contributed by atoms with Gasteiger partial charge in [-0.1, -0.05) is 17.7 Å². The van der Waals surface area contributed by atoms with Crippen molar-refractivity contribution in [3.05, 3.63) is 41.4 Å². The maximum Gasteiger partial charge on any atom is 0.337 e. The fourth-order valence-corrected chi connectivity index (χ4v) is 1.33. The Labute approximate surface area is 93.4 Å². The molecule has 0 amide bonds. The summed E-state index contributed by atoms with van der Waals surface area (Å²) in [5.41, 5.74) is 0.764. The molecule has 4 heteroatoms. The van der Waals surface area contributed by atoms with Crippen LogP contribution in [0.15, 0.2) is 30.9 Å². The number of benzene rings is 1. The van der Waals surface area contributed by atoms with Gasteiger partial charge in [0.2, 0.25) is 0 Å². The van der Waals surface area contributed by atoms with Crippen LogP contribution in [0.1, 0.15) is 16.8 Å². The van der Waals surface area contributed by atoms with Crippen molar-refractivity contribution < 1.29 is 9.90 Å². The number of carboxylic acid groups (broad SMARTS) is 1. The summed E-state index contributed by atoms with van der Waals surface area (Å²) in [6, 6.07) is 4.75. The van der Waals surface area contributed by atoms with Crippen molar-refractivity contribution in [2.75, 3.05) is 11.9 Å². The van der Waals surface area contributed by atoms with Gasteiger partial charge in [0.05, 0.1) is 5.56 Å². The summed E-state index contributed by atoms with van der Waals surface area (Å²) >= 11 is 5.71. The zero-order valence-electron chi connectivity index (χ0n) is 8.16. The number of nitrogens with one attached hydrogen (secondary N) is 1. The molecule has 0 heterocycles. The van der Waals surface area contributed by atoms with Gasteiger partial charge in [-0.05, 0) is 24.6 Å². The van der Waals surface area contributed by atoms with E-state index in [1.807, 2.05) is 0 Å². The quantitative estimate of drug-likeness (QED) is 0.598. The van der Waals surface area contributed by atoms with Crippen LogP contribution in [-0.4, -0.2) is 17.6 Å². The standard InChI is InChI=1S/C11H12ClNO2/c1-2-3-6-13-10-5-4-8(12)7-9(10)11(14)15/h2,4-5,7,13H,1,3,6H2,(H,14,15). The molecule has 1 aromatic rings. The van der Waals surface area contributed by atoms with Gasteiger partial charge in [-0.3, -0.25) is 0 Å². The average molecular weight is 226 g/mol. The Morgan fingerprint density at radius 1 is 1.60 bits per heavy atom. The van der Waals surface area contributed by atoms with Gasteiger partial charge in [0.1, 0.15) is 0 Å². The fourth-order valence-electron chi connectivity index (χ4n) is 1.16. The van der Waals surface area contributed by atoms with E-state index in [0.29, 0.717) is 17.3 Å². The Kier molecular flexibility index (Phi) is 4.18. The number of hydrogen-bond acceptors (Lipinski definition) is 2. The van der Waals surface area contributed by atoms with Gasteiger partial charge < -0.3 is 10.4 Å². The van der Waals surface area contributed by atoms with Crippen molar-refractivity contribution in [3.8, 4) is 0 Å². The lowest BCUT2D eigenvalue weighted by molar-refractivity contribution is 0.0698. The van der Waals surface area contributed by atoms with Crippen LogP contribution in [0, 0.1) is 0 Å². The van der Waals surface area contributed by atoms with E-state index in [1.54, 1.807) is 18.2 Å². The molecule has 0 unspecified atom stereocenters. The molecule has 0 aliphatic heterocycles. The van der Waals surface area contributed by atoms with Crippen LogP contribution in [0.4, 0.5) is 5.69 Å². The van der Waals surface area contributed by atoms with Crippen LogP contribution in [0.3, 0.4) is 0 Å². The molecule has 0 aromatic heterocycles. The molecule has 2 N–H and O–H groups in total. The van der Waals surface area contributed by atoms with Crippen LogP contribution in [0.2, 0.25) is 5.02 Å². The summed E-state index contributed by atoms with van der Waals surface area (Å²) < 4.78 is 0. The Hall–Kier alpha value is -1.48. The molecule has 1 aromatic carbocycles. The van der Waals surface area contributed by atoms with Gasteiger partial charge >= 0.3 is 5.97 Å². The first-order chi connectivity index (χ1) is 7.15. The van der Waals surface area contributed by atoms with Gasteiger partial charge in [0.15, 0.2) is 0 Å². The van der Waals surface area contributed by atoms with Crippen molar-refractivity contribution in [2.45, 2.75) is 6.42 Å². The molecular weight excluding hydrogens is 214 g/mol. The third-order valence-electron chi connectivity index (χ3n) is 1.88. The van der Waals surface area contributed by atoms with Crippen LogP contribution in [0.5, 0.6) is 0 Å². The third-order valence-corrected chi connectivity index (χ3v) is 2.11. The number of anilines is 1. The zero-order chi connectivity index (χ0) is 11.3. The average Bonchev–Trinajstić information content (AvgIpc) is 2.20. The van der Waals surface area contributed by atoms with E-state index in [-0.39, 0.29) is 5.56 Å². The molecular formula is C11H12ClNO2. The highest BCUT2D eigenvalue weighted by Gasteiger charge is 2.09. The van der Waals surface area contributed by atoms with Crippen LogP contribution >= 0.6 is 11.6 Å². The van der Waals surface area contributed by atoms with E-state index < -0.39 is 5.97 Å². The maximum absolute atomic E-state index is 10.9. The van der Waals surface area contributed by atoms with E-state index >= 15 is 0 Å². The summed E-state index contributed by atoms with van der Waals surface area (Å²) in [7, 11) is 0. The molecule has 0 spiro atoms. The number of halogens is 1. The zero-order valence-corrected chi connectivity index (χ0v) is 8.92. The monoisotopic (exact) mass is 225 g/mol. The molecule has 0 atom stereocenters. The minimum atomic E-state index is -0.987. The second-order valence-corrected chi connectivity index (χ2v) is 3.44. The van der Waals surface area contributed by atoms with E-state index in [1.165, 1.54) is 6.07 Å². The highest BCUT2D eigenvalue weighted by Crippen LogP contribution is 2.20. The normalized spacial score (nSPS) is 9.67. The van der Waals surface area contributed by atoms with Crippen molar-refractivity contribution in [1.29, 1.82) is 0 Å². The molecule has 0 aliphatic rings.